The summed E-state index contributed by atoms with van der Waals surface area (Å²) in [6.07, 6.45) is 3.13. The Morgan fingerprint density at radius 1 is 0.897 bits per heavy atom. The number of carbonyl (C=O) groups is 3. The fourth-order valence-corrected chi connectivity index (χ4v) is 5.35. The number of nitrogens with zero attached hydrogens (tertiary/aromatic N) is 1. The predicted molar refractivity (Wildman–Crippen MR) is 108 cm³/mol. The van der Waals surface area contributed by atoms with E-state index in [0.29, 0.717) is 28.8 Å². The van der Waals surface area contributed by atoms with Crippen LogP contribution in [0, 0.1) is 37.5 Å². The third-order valence-electron chi connectivity index (χ3n) is 6.98. The van der Waals surface area contributed by atoms with E-state index in [4.69, 9.17) is 4.74 Å². The Kier molecular flexibility index (Phi) is 4.09. The third kappa shape index (κ3) is 2.79. The highest BCUT2D eigenvalue weighted by Gasteiger charge is 2.61. The Morgan fingerprint density at radius 3 is 2.10 bits per heavy atom. The SMILES string of the molecule is Cc1ccc(OC(=O)c2ccc(N3C(=O)[C@@H]4[C@H]5CC[C@@H](C5)[C@@H]4C3=O)cc2)cc1C. The van der Waals surface area contributed by atoms with Gasteiger partial charge in [0, 0.05) is 0 Å². The zero-order valence-corrected chi connectivity index (χ0v) is 16.6. The van der Waals surface area contributed by atoms with Crippen LogP contribution in [0.4, 0.5) is 5.69 Å². The van der Waals surface area contributed by atoms with E-state index in [1.165, 1.54) is 4.90 Å². The van der Waals surface area contributed by atoms with Gasteiger partial charge in [-0.25, -0.2) is 4.79 Å². The van der Waals surface area contributed by atoms with Crippen LogP contribution in [0.5, 0.6) is 5.75 Å². The summed E-state index contributed by atoms with van der Waals surface area (Å²) in [4.78, 5) is 39.6. The van der Waals surface area contributed by atoms with Crippen molar-refractivity contribution in [3.05, 3.63) is 59.2 Å². The molecule has 4 atom stereocenters. The number of esters is 1. The monoisotopic (exact) mass is 389 g/mol. The highest BCUT2D eigenvalue weighted by atomic mass is 16.5. The van der Waals surface area contributed by atoms with Gasteiger partial charge in [-0.3, -0.25) is 14.5 Å². The number of hydrogen-bond donors (Lipinski definition) is 0. The topological polar surface area (TPSA) is 63.7 Å². The Labute approximate surface area is 169 Å². The van der Waals surface area contributed by atoms with Gasteiger partial charge >= 0.3 is 5.97 Å². The van der Waals surface area contributed by atoms with Crippen molar-refractivity contribution in [2.24, 2.45) is 23.7 Å². The molecular weight excluding hydrogens is 366 g/mol. The number of aryl methyl sites for hydroxylation is 2. The molecule has 29 heavy (non-hydrogen) atoms. The summed E-state index contributed by atoms with van der Waals surface area (Å²) < 4.78 is 5.45. The molecule has 5 nitrogen and oxygen atoms in total. The maximum Gasteiger partial charge on any atom is 0.343 e. The molecule has 3 aliphatic rings. The molecule has 2 amide bonds. The molecule has 1 aliphatic heterocycles. The lowest BCUT2D eigenvalue weighted by molar-refractivity contribution is -0.123. The number of hydrogen-bond acceptors (Lipinski definition) is 4. The van der Waals surface area contributed by atoms with E-state index in [9.17, 15) is 14.4 Å². The molecule has 1 heterocycles. The van der Waals surface area contributed by atoms with Gasteiger partial charge < -0.3 is 4.74 Å². The van der Waals surface area contributed by atoms with Crippen LogP contribution in [-0.4, -0.2) is 17.8 Å². The number of benzene rings is 2. The molecule has 5 rings (SSSR count). The summed E-state index contributed by atoms with van der Waals surface area (Å²) in [7, 11) is 0. The first-order valence-corrected chi connectivity index (χ1v) is 10.2. The molecule has 148 valence electrons. The molecule has 2 aromatic carbocycles. The molecular formula is C24H23NO4. The van der Waals surface area contributed by atoms with Crippen LogP contribution in [-0.2, 0) is 9.59 Å². The van der Waals surface area contributed by atoms with Crippen molar-refractivity contribution in [1.29, 1.82) is 0 Å². The smallest absolute Gasteiger partial charge is 0.343 e. The first kappa shape index (κ1) is 18.1. The lowest BCUT2D eigenvalue weighted by atomic mass is 9.81. The average molecular weight is 389 g/mol. The van der Waals surface area contributed by atoms with E-state index in [-0.39, 0.29) is 23.7 Å². The van der Waals surface area contributed by atoms with E-state index >= 15 is 0 Å². The predicted octanol–water partition coefficient (Wildman–Crippen LogP) is 4.06. The number of fused-ring (bicyclic) bond motifs is 5. The highest BCUT2D eigenvalue weighted by molar-refractivity contribution is 6.22. The second kappa shape index (κ2) is 6.55. The van der Waals surface area contributed by atoms with Crippen molar-refractivity contribution < 1.29 is 19.1 Å². The normalized spacial score (nSPS) is 27.4. The minimum absolute atomic E-state index is 0.0716. The lowest BCUT2D eigenvalue weighted by Gasteiger charge is -2.19. The first-order valence-electron chi connectivity index (χ1n) is 10.2. The summed E-state index contributed by atoms with van der Waals surface area (Å²) in [5.74, 6) is 0.322. The Morgan fingerprint density at radius 2 is 1.52 bits per heavy atom. The van der Waals surface area contributed by atoms with Gasteiger partial charge in [-0.15, -0.1) is 0 Å². The van der Waals surface area contributed by atoms with Crippen molar-refractivity contribution in [2.75, 3.05) is 4.90 Å². The Bertz CT molecular complexity index is 998. The lowest BCUT2D eigenvalue weighted by Crippen LogP contribution is -2.32. The summed E-state index contributed by atoms with van der Waals surface area (Å²) in [6, 6.07) is 12.1. The van der Waals surface area contributed by atoms with Gasteiger partial charge in [0.1, 0.15) is 5.75 Å². The summed E-state index contributed by atoms with van der Waals surface area (Å²) in [6.45, 7) is 3.97. The van der Waals surface area contributed by atoms with Crippen molar-refractivity contribution in [3.63, 3.8) is 0 Å². The fraction of sp³-hybridized carbons (Fsp3) is 0.375. The average Bonchev–Trinajstić information content (AvgIpc) is 3.39. The zero-order valence-electron chi connectivity index (χ0n) is 16.6. The van der Waals surface area contributed by atoms with Crippen molar-refractivity contribution >= 4 is 23.5 Å². The van der Waals surface area contributed by atoms with E-state index in [2.05, 4.69) is 0 Å². The maximum absolute atomic E-state index is 12.9. The van der Waals surface area contributed by atoms with Crippen molar-refractivity contribution in [2.45, 2.75) is 33.1 Å². The fourth-order valence-electron chi connectivity index (χ4n) is 5.35. The molecule has 0 unspecified atom stereocenters. The number of ether oxygens (including phenoxy) is 1. The first-order chi connectivity index (χ1) is 13.9. The molecule has 2 bridgehead atoms. The molecule has 0 spiro atoms. The summed E-state index contributed by atoms with van der Waals surface area (Å²) >= 11 is 0. The second-order valence-electron chi connectivity index (χ2n) is 8.58. The summed E-state index contributed by atoms with van der Waals surface area (Å²) in [5, 5.41) is 0. The van der Waals surface area contributed by atoms with Crippen LogP contribution in [0.1, 0.15) is 40.7 Å². The van der Waals surface area contributed by atoms with Crippen LogP contribution in [0.3, 0.4) is 0 Å². The molecule has 0 aromatic heterocycles. The number of carbonyl (C=O) groups excluding carboxylic acids is 3. The standard InChI is InChI=1S/C24H23NO4/c1-13-3-10-19(11-14(13)2)29-24(28)15-6-8-18(9-7-15)25-22(26)20-16-4-5-17(12-16)21(20)23(25)27/h3,6-11,16-17,20-21H,4-5,12H2,1-2H3/t16-,17-,20-,21+/m0/s1. The molecule has 2 aromatic rings. The maximum atomic E-state index is 12.9. The molecule has 3 fully saturated rings. The van der Waals surface area contributed by atoms with Crippen molar-refractivity contribution in [1.82, 2.24) is 0 Å². The van der Waals surface area contributed by atoms with Crippen LogP contribution >= 0.6 is 0 Å². The summed E-state index contributed by atoms with van der Waals surface area (Å²) in [5.41, 5.74) is 3.10. The molecule has 0 radical (unpaired) electrons. The third-order valence-corrected chi connectivity index (χ3v) is 6.98. The zero-order chi connectivity index (χ0) is 20.3. The molecule has 2 aliphatic carbocycles. The van der Waals surface area contributed by atoms with E-state index in [1.807, 2.05) is 26.0 Å². The van der Waals surface area contributed by atoms with Gasteiger partial charge in [0.15, 0.2) is 0 Å². The van der Waals surface area contributed by atoms with Gasteiger partial charge in [0.05, 0.1) is 23.1 Å². The van der Waals surface area contributed by atoms with E-state index in [0.717, 1.165) is 30.4 Å². The molecule has 0 N–H and O–H groups in total. The number of anilines is 1. The molecule has 1 saturated heterocycles. The van der Waals surface area contributed by atoms with Crippen LogP contribution in [0.25, 0.3) is 0 Å². The highest BCUT2D eigenvalue weighted by Crippen LogP contribution is 2.56. The number of rotatable bonds is 3. The van der Waals surface area contributed by atoms with Crippen LogP contribution < -0.4 is 9.64 Å². The number of imide groups is 1. The van der Waals surface area contributed by atoms with E-state index in [1.54, 1.807) is 30.3 Å². The van der Waals surface area contributed by atoms with Gasteiger partial charge in [-0.1, -0.05) is 6.07 Å². The van der Waals surface area contributed by atoms with Crippen LogP contribution in [0.2, 0.25) is 0 Å². The quantitative estimate of drug-likeness (QED) is 0.451. The molecule has 2 saturated carbocycles. The minimum Gasteiger partial charge on any atom is -0.423 e. The largest absolute Gasteiger partial charge is 0.423 e. The van der Waals surface area contributed by atoms with Crippen LogP contribution in [0.15, 0.2) is 42.5 Å². The second-order valence-corrected chi connectivity index (χ2v) is 8.58. The van der Waals surface area contributed by atoms with Gasteiger partial charge in [0.2, 0.25) is 11.8 Å². The van der Waals surface area contributed by atoms with Gasteiger partial charge in [0.25, 0.3) is 0 Å². The molecule has 5 heteroatoms. The number of amides is 2. The Hall–Kier alpha value is -2.95. The Balaban J connectivity index is 1.34. The van der Waals surface area contributed by atoms with Gasteiger partial charge in [-0.05, 0) is 92.5 Å². The van der Waals surface area contributed by atoms with Gasteiger partial charge in [-0.2, -0.15) is 0 Å². The van der Waals surface area contributed by atoms with Crippen molar-refractivity contribution in [3.8, 4) is 5.75 Å². The minimum atomic E-state index is -0.464. The van der Waals surface area contributed by atoms with E-state index < -0.39 is 5.97 Å².